The summed E-state index contributed by atoms with van der Waals surface area (Å²) < 4.78 is 5.46. The van der Waals surface area contributed by atoms with Crippen molar-refractivity contribution in [2.75, 3.05) is 26.0 Å². The predicted molar refractivity (Wildman–Crippen MR) is 111 cm³/mol. The van der Waals surface area contributed by atoms with Gasteiger partial charge in [0.05, 0.1) is 12.3 Å². The molecular formula is C23H23N3O2. The molecule has 0 saturated heterocycles. The minimum absolute atomic E-state index is 0.0381. The van der Waals surface area contributed by atoms with E-state index in [-0.39, 0.29) is 12.1 Å². The van der Waals surface area contributed by atoms with Crippen molar-refractivity contribution in [1.82, 2.24) is 10.2 Å². The Morgan fingerprint density at radius 3 is 2.46 bits per heavy atom. The molecule has 142 valence electrons. The Morgan fingerprint density at radius 1 is 1.00 bits per heavy atom. The molecular weight excluding hydrogens is 350 g/mol. The molecule has 1 heterocycles. The van der Waals surface area contributed by atoms with E-state index < -0.39 is 0 Å². The minimum atomic E-state index is -0.272. The Hall–Kier alpha value is -3.49. The number of likely N-dealkylation sites (N-methyl/N-ethyl adjacent to an activating group) is 1. The van der Waals surface area contributed by atoms with Gasteiger partial charge in [-0.3, -0.25) is 4.90 Å². The largest absolute Gasteiger partial charge is 0.468 e. The summed E-state index contributed by atoms with van der Waals surface area (Å²) in [4.78, 5) is 14.3. The van der Waals surface area contributed by atoms with Crippen molar-refractivity contribution in [3.05, 3.63) is 89.9 Å². The van der Waals surface area contributed by atoms with Gasteiger partial charge >= 0.3 is 6.03 Å². The third-order valence-corrected chi connectivity index (χ3v) is 4.20. The van der Waals surface area contributed by atoms with Gasteiger partial charge < -0.3 is 15.1 Å². The third kappa shape index (κ3) is 5.50. The summed E-state index contributed by atoms with van der Waals surface area (Å²) in [6.07, 6.45) is 1.63. The van der Waals surface area contributed by atoms with E-state index in [0.29, 0.717) is 12.2 Å². The van der Waals surface area contributed by atoms with E-state index in [9.17, 15) is 4.79 Å². The molecule has 5 nitrogen and oxygen atoms in total. The number of urea groups is 1. The molecule has 0 bridgehead atoms. The van der Waals surface area contributed by atoms with Crippen LogP contribution in [0.3, 0.4) is 0 Å². The first-order valence-corrected chi connectivity index (χ1v) is 9.03. The number of furan rings is 1. The molecule has 1 aromatic heterocycles. The van der Waals surface area contributed by atoms with Crippen molar-refractivity contribution in [2.24, 2.45) is 0 Å². The van der Waals surface area contributed by atoms with E-state index in [1.165, 1.54) is 0 Å². The standard InChI is InChI=1S/C23H23N3O2/c1-26(2)21(22-12-7-15-28-22)17-24-23(27)25-20-11-6-10-19(16-20)14-13-18-8-4-3-5-9-18/h3-12,15-16,21H,17H2,1-2H3,(H2,24,25,27). The number of hydrogen-bond acceptors (Lipinski definition) is 3. The number of amides is 2. The van der Waals surface area contributed by atoms with Crippen LogP contribution in [0.1, 0.15) is 22.9 Å². The molecule has 0 spiro atoms. The van der Waals surface area contributed by atoms with Gasteiger partial charge in [0.15, 0.2) is 0 Å². The summed E-state index contributed by atoms with van der Waals surface area (Å²) in [5, 5.41) is 5.74. The Balaban J connectivity index is 1.59. The van der Waals surface area contributed by atoms with Crippen LogP contribution >= 0.6 is 0 Å². The smallest absolute Gasteiger partial charge is 0.319 e. The van der Waals surface area contributed by atoms with Crippen molar-refractivity contribution in [3.8, 4) is 11.8 Å². The van der Waals surface area contributed by atoms with Gasteiger partial charge in [-0.1, -0.05) is 36.1 Å². The molecule has 0 saturated carbocycles. The number of anilines is 1. The highest BCUT2D eigenvalue weighted by Crippen LogP contribution is 2.17. The van der Waals surface area contributed by atoms with Crippen LogP contribution in [0.15, 0.2) is 77.4 Å². The number of nitrogens with one attached hydrogen (secondary N) is 2. The van der Waals surface area contributed by atoms with Crippen molar-refractivity contribution < 1.29 is 9.21 Å². The third-order valence-electron chi connectivity index (χ3n) is 4.20. The van der Waals surface area contributed by atoms with Crippen LogP contribution in [-0.2, 0) is 0 Å². The Morgan fingerprint density at radius 2 is 1.75 bits per heavy atom. The normalized spacial score (nSPS) is 11.4. The fourth-order valence-electron chi connectivity index (χ4n) is 2.72. The second-order valence-electron chi connectivity index (χ2n) is 6.53. The van der Waals surface area contributed by atoms with Gasteiger partial charge in [-0.2, -0.15) is 0 Å². The molecule has 2 amide bonds. The summed E-state index contributed by atoms with van der Waals surface area (Å²) >= 11 is 0. The number of carbonyl (C=O) groups is 1. The highest BCUT2D eigenvalue weighted by atomic mass is 16.3. The fourth-order valence-corrected chi connectivity index (χ4v) is 2.72. The predicted octanol–water partition coefficient (Wildman–Crippen LogP) is 4.10. The lowest BCUT2D eigenvalue weighted by molar-refractivity contribution is 0.233. The molecule has 0 fully saturated rings. The zero-order valence-electron chi connectivity index (χ0n) is 16.0. The Labute approximate surface area is 165 Å². The summed E-state index contributed by atoms with van der Waals surface area (Å²) in [6, 6.07) is 20.7. The summed E-state index contributed by atoms with van der Waals surface area (Å²) in [7, 11) is 3.89. The van der Waals surface area contributed by atoms with Gasteiger partial charge in [-0.25, -0.2) is 4.79 Å². The zero-order valence-corrected chi connectivity index (χ0v) is 16.0. The lowest BCUT2D eigenvalue weighted by atomic mass is 10.1. The first kappa shape index (κ1) is 19.3. The second-order valence-corrected chi connectivity index (χ2v) is 6.53. The molecule has 0 aliphatic heterocycles. The summed E-state index contributed by atoms with van der Waals surface area (Å²) in [5.74, 6) is 7.04. The SMILES string of the molecule is CN(C)C(CNC(=O)Nc1cccc(C#Cc2ccccc2)c1)c1ccco1. The maximum Gasteiger partial charge on any atom is 0.319 e. The van der Waals surface area contributed by atoms with E-state index in [0.717, 1.165) is 16.9 Å². The van der Waals surface area contributed by atoms with E-state index in [2.05, 4.69) is 22.5 Å². The van der Waals surface area contributed by atoms with Gasteiger partial charge in [0.25, 0.3) is 0 Å². The summed E-state index contributed by atoms with van der Waals surface area (Å²) in [5.41, 5.74) is 2.48. The first-order chi connectivity index (χ1) is 13.6. The van der Waals surface area contributed by atoms with Crippen LogP contribution in [0.4, 0.5) is 10.5 Å². The van der Waals surface area contributed by atoms with Gasteiger partial charge in [-0.05, 0) is 56.6 Å². The number of nitrogens with zero attached hydrogens (tertiary/aromatic N) is 1. The van der Waals surface area contributed by atoms with Crippen LogP contribution in [0.5, 0.6) is 0 Å². The van der Waals surface area contributed by atoms with Crippen LogP contribution in [0, 0.1) is 11.8 Å². The number of carbonyl (C=O) groups excluding carboxylic acids is 1. The van der Waals surface area contributed by atoms with E-state index in [1.807, 2.05) is 85.7 Å². The van der Waals surface area contributed by atoms with Crippen LogP contribution < -0.4 is 10.6 Å². The molecule has 1 atom stereocenters. The van der Waals surface area contributed by atoms with Crippen LogP contribution in [0.25, 0.3) is 0 Å². The average Bonchev–Trinajstić information content (AvgIpc) is 3.22. The second kappa shape index (κ2) is 9.45. The molecule has 5 heteroatoms. The molecule has 2 aromatic carbocycles. The average molecular weight is 373 g/mol. The molecule has 0 radical (unpaired) electrons. The minimum Gasteiger partial charge on any atom is -0.468 e. The van der Waals surface area contributed by atoms with Crippen molar-refractivity contribution in [2.45, 2.75) is 6.04 Å². The Kier molecular flexibility index (Phi) is 6.50. The van der Waals surface area contributed by atoms with Crippen LogP contribution in [-0.4, -0.2) is 31.6 Å². The van der Waals surface area contributed by atoms with Crippen LogP contribution in [0.2, 0.25) is 0 Å². The maximum atomic E-state index is 12.3. The number of benzene rings is 2. The zero-order chi connectivity index (χ0) is 19.8. The molecule has 28 heavy (non-hydrogen) atoms. The summed E-state index contributed by atoms with van der Waals surface area (Å²) in [6.45, 7) is 0.430. The van der Waals surface area contributed by atoms with Crippen molar-refractivity contribution in [3.63, 3.8) is 0 Å². The van der Waals surface area contributed by atoms with E-state index >= 15 is 0 Å². The highest BCUT2D eigenvalue weighted by Gasteiger charge is 2.17. The topological polar surface area (TPSA) is 57.5 Å². The van der Waals surface area contributed by atoms with Crippen molar-refractivity contribution in [1.29, 1.82) is 0 Å². The lowest BCUT2D eigenvalue weighted by Crippen LogP contribution is -2.36. The molecule has 0 aliphatic rings. The van der Waals surface area contributed by atoms with Crippen molar-refractivity contribution >= 4 is 11.7 Å². The lowest BCUT2D eigenvalue weighted by Gasteiger charge is -2.22. The first-order valence-electron chi connectivity index (χ1n) is 9.03. The maximum absolute atomic E-state index is 12.3. The molecule has 3 rings (SSSR count). The van der Waals surface area contributed by atoms with Gasteiger partial charge in [0.1, 0.15) is 5.76 Å². The Bertz CT molecular complexity index is 954. The van der Waals surface area contributed by atoms with Gasteiger partial charge in [0.2, 0.25) is 0 Å². The molecule has 2 N–H and O–H groups in total. The molecule has 0 aliphatic carbocycles. The van der Waals surface area contributed by atoms with Gasteiger partial charge in [-0.15, -0.1) is 0 Å². The highest BCUT2D eigenvalue weighted by molar-refractivity contribution is 5.89. The van der Waals surface area contributed by atoms with E-state index in [1.54, 1.807) is 6.26 Å². The molecule has 3 aromatic rings. The molecule has 1 unspecified atom stereocenters. The fraction of sp³-hybridized carbons (Fsp3) is 0.174. The monoisotopic (exact) mass is 373 g/mol. The quantitative estimate of drug-likeness (QED) is 0.662. The van der Waals surface area contributed by atoms with Gasteiger partial charge in [0, 0.05) is 23.4 Å². The number of hydrogen-bond donors (Lipinski definition) is 2. The van der Waals surface area contributed by atoms with E-state index in [4.69, 9.17) is 4.42 Å². The number of rotatable bonds is 5.